The monoisotopic (exact) mass is 264 g/mol. The molecule has 1 heterocycles. The van der Waals surface area contributed by atoms with Crippen LogP contribution in [0.5, 0.6) is 5.75 Å². The average molecular weight is 264 g/mol. The van der Waals surface area contributed by atoms with E-state index in [4.69, 9.17) is 10.5 Å². The predicted molar refractivity (Wildman–Crippen MR) is 79.8 cm³/mol. The minimum atomic E-state index is 0.684. The van der Waals surface area contributed by atoms with Crippen molar-refractivity contribution in [1.82, 2.24) is 9.80 Å². The molecule has 5 heteroatoms. The number of hydrogen-bond acceptors (Lipinski definition) is 5. The predicted octanol–water partition coefficient (Wildman–Crippen LogP) is 0.937. The molecule has 3 N–H and O–H groups in total. The number of rotatable bonds is 5. The van der Waals surface area contributed by atoms with Gasteiger partial charge in [0.15, 0.2) is 0 Å². The van der Waals surface area contributed by atoms with Gasteiger partial charge in [-0.05, 0) is 19.2 Å². The average Bonchev–Trinajstić information content (AvgIpc) is 2.43. The Morgan fingerprint density at radius 1 is 1.26 bits per heavy atom. The fourth-order valence-electron chi connectivity index (χ4n) is 2.30. The van der Waals surface area contributed by atoms with Gasteiger partial charge in [0.1, 0.15) is 5.75 Å². The van der Waals surface area contributed by atoms with Crippen molar-refractivity contribution in [1.29, 1.82) is 0 Å². The zero-order chi connectivity index (χ0) is 13.7. The first kappa shape index (κ1) is 14.0. The van der Waals surface area contributed by atoms with Gasteiger partial charge < -0.3 is 20.7 Å². The van der Waals surface area contributed by atoms with E-state index in [0.29, 0.717) is 5.69 Å². The van der Waals surface area contributed by atoms with E-state index in [-0.39, 0.29) is 0 Å². The first-order valence-corrected chi connectivity index (χ1v) is 6.78. The van der Waals surface area contributed by atoms with Gasteiger partial charge in [-0.2, -0.15) is 0 Å². The van der Waals surface area contributed by atoms with Crippen molar-refractivity contribution in [3.8, 4) is 5.75 Å². The highest BCUT2D eigenvalue weighted by molar-refractivity contribution is 5.72. The number of piperazine rings is 1. The first-order chi connectivity index (χ1) is 9.20. The summed E-state index contributed by atoms with van der Waals surface area (Å²) >= 11 is 0. The number of nitrogens with zero attached hydrogens (tertiary/aromatic N) is 2. The molecule has 106 valence electrons. The molecule has 19 heavy (non-hydrogen) atoms. The van der Waals surface area contributed by atoms with Crippen LogP contribution < -0.4 is 15.8 Å². The van der Waals surface area contributed by atoms with E-state index >= 15 is 0 Å². The van der Waals surface area contributed by atoms with Crippen LogP contribution in [0.3, 0.4) is 0 Å². The molecule has 0 saturated carbocycles. The summed E-state index contributed by atoms with van der Waals surface area (Å²) in [6, 6.07) is 5.82. The van der Waals surface area contributed by atoms with Gasteiger partial charge in [0.2, 0.25) is 0 Å². The second kappa shape index (κ2) is 6.63. The fourth-order valence-corrected chi connectivity index (χ4v) is 2.30. The van der Waals surface area contributed by atoms with Crippen LogP contribution in [0, 0.1) is 0 Å². The van der Waals surface area contributed by atoms with Crippen LogP contribution in [0.4, 0.5) is 11.4 Å². The maximum Gasteiger partial charge on any atom is 0.143 e. The Morgan fingerprint density at radius 2 is 2.00 bits per heavy atom. The van der Waals surface area contributed by atoms with Crippen LogP contribution in [0.15, 0.2) is 18.2 Å². The summed E-state index contributed by atoms with van der Waals surface area (Å²) < 4.78 is 5.21. The second-order valence-electron chi connectivity index (χ2n) is 4.99. The summed E-state index contributed by atoms with van der Waals surface area (Å²) in [5.74, 6) is 0.726. The molecule has 1 aliphatic rings. The summed E-state index contributed by atoms with van der Waals surface area (Å²) in [4.78, 5) is 4.84. The molecule has 2 rings (SSSR count). The molecular weight excluding hydrogens is 240 g/mol. The number of ether oxygens (including phenoxy) is 1. The van der Waals surface area contributed by atoms with Crippen LogP contribution in [0.2, 0.25) is 0 Å². The summed E-state index contributed by atoms with van der Waals surface area (Å²) in [7, 11) is 3.81. The summed E-state index contributed by atoms with van der Waals surface area (Å²) in [5, 5.41) is 3.39. The summed E-state index contributed by atoms with van der Waals surface area (Å²) in [6.45, 7) is 6.55. The van der Waals surface area contributed by atoms with Crippen LogP contribution in [0.25, 0.3) is 0 Å². The number of hydrogen-bond donors (Lipinski definition) is 2. The zero-order valence-corrected chi connectivity index (χ0v) is 11.9. The normalized spacial score (nSPS) is 17.4. The molecule has 0 amide bonds. The Bertz CT molecular complexity index is 402. The number of nitrogen functional groups attached to an aromatic ring is 1. The summed E-state index contributed by atoms with van der Waals surface area (Å²) in [5.41, 5.74) is 7.66. The van der Waals surface area contributed by atoms with Crippen molar-refractivity contribution in [2.24, 2.45) is 0 Å². The lowest BCUT2D eigenvalue weighted by molar-refractivity contribution is 0.158. The minimum absolute atomic E-state index is 0.684. The van der Waals surface area contributed by atoms with Crippen molar-refractivity contribution in [2.45, 2.75) is 0 Å². The zero-order valence-electron chi connectivity index (χ0n) is 11.9. The Hall–Kier alpha value is -1.46. The highest BCUT2D eigenvalue weighted by atomic mass is 16.5. The third kappa shape index (κ3) is 3.75. The highest BCUT2D eigenvalue weighted by Crippen LogP contribution is 2.28. The van der Waals surface area contributed by atoms with Gasteiger partial charge in [0.05, 0.1) is 18.5 Å². The molecular formula is C14H24N4O. The molecule has 0 radical (unpaired) electrons. The van der Waals surface area contributed by atoms with Gasteiger partial charge in [0.25, 0.3) is 0 Å². The first-order valence-electron chi connectivity index (χ1n) is 6.78. The highest BCUT2D eigenvalue weighted by Gasteiger charge is 2.13. The van der Waals surface area contributed by atoms with Gasteiger partial charge in [0, 0.05) is 39.3 Å². The molecule has 1 fully saturated rings. The Kier molecular flexibility index (Phi) is 4.87. The molecule has 1 aromatic carbocycles. The molecule has 0 atom stereocenters. The Morgan fingerprint density at radius 3 is 2.68 bits per heavy atom. The minimum Gasteiger partial charge on any atom is -0.495 e. The van der Waals surface area contributed by atoms with E-state index in [1.165, 1.54) is 0 Å². The van der Waals surface area contributed by atoms with Crippen molar-refractivity contribution >= 4 is 11.4 Å². The number of anilines is 2. The number of benzene rings is 1. The molecule has 0 bridgehead atoms. The molecule has 1 saturated heterocycles. The van der Waals surface area contributed by atoms with Gasteiger partial charge >= 0.3 is 0 Å². The number of methoxy groups -OCH3 is 1. The molecule has 0 aromatic heterocycles. The fraction of sp³-hybridized carbons (Fsp3) is 0.571. The Labute approximate surface area is 115 Å². The standard InChI is InChI=1S/C14H24N4O/c1-17-8-10-18(11-9-17)7-6-16-12-4-3-5-13(19-2)14(12)15/h3-5,16H,6-11,15H2,1-2H3. The van der Waals surface area contributed by atoms with Gasteiger partial charge in [-0.3, -0.25) is 4.90 Å². The van der Waals surface area contributed by atoms with Crippen LogP contribution >= 0.6 is 0 Å². The second-order valence-corrected chi connectivity index (χ2v) is 4.99. The van der Waals surface area contributed by atoms with E-state index in [0.717, 1.165) is 50.7 Å². The molecule has 1 aliphatic heterocycles. The van der Waals surface area contributed by atoms with E-state index in [1.54, 1.807) is 7.11 Å². The number of nitrogens with one attached hydrogen (secondary N) is 1. The number of likely N-dealkylation sites (N-methyl/N-ethyl adjacent to an activating group) is 1. The van der Waals surface area contributed by atoms with Gasteiger partial charge in [-0.15, -0.1) is 0 Å². The SMILES string of the molecule is COc1cccc(NCCN2CCN(C)CC2)c1N. The van der Waals surface area contributed by atoms with Gasteiger partial charge in [-0.1, -0.05) is 6.07 Å². The third-order valence-electron chi connectivity index (χ3n) is 3.63. The molecule has 5 nitrogen and oxygen atoms in total. The number of nitrogens with two attached hydrogens (primary N) is 1. The third-order valence-corrected chi connectivity index (χ3v) is 3.63. The molecule has 0 spiro atoms. The lowest BCUT2D eigenvalue weighted by atomic mass is 10.2. The Balaban J connectivity index is 1.79. The van der Waals surface area contributed by atoms with Crippen molar-refractivity contribution in [3.05, 3.63) is 18.2 Å². The van der Waals surface area contributed by atoms with Crippen LogP contribution in [0.1, 0.15) is 0 Å². The smallest absolute Gasteiger partial charge is 0.143 e. The quantitative estimate of drug-likeness (QED) is 0.775. The molecule has 1 aromatic rings. The maximum atomic E-state index is 6.02. The maximum absolute atomic E-state index is 6.02. The lowest BCUT2D eigenvalue weighted by Gasteiger charge is -2.32. The van der Waals surface area contributed by atoms with Crippen molar-refractivity contribution < 1.29 is 4.74 Å². The van der Waals surface area contributed by atoms with Crippen molar-refractivity contribution in [2.75, 3.05) is 64.5 Å². The van der Waals surface area contributed by atoms with Crippen molar-refractivity contribution in [3.63, 3.8) is 0 Å². The topological polar surface area (TPSA) is 53.8 Å². The van der Waals surface area contributed by atoms with E-state index in [1.807, 2.05) is 18.2 Å². The summed E-state index contributed by atoms with van der Waals surface area (Å²) in [6.07, 6.45) is 0. The van der Waals surface area contributed by atoms with Crippen LogP contribution in [-0.4, -0.2) is 63.2 Å². The number of para-hydroxylation sites is 1. The van der Waals surface area contributed by atoms with E-state index in [9.17, 15) is 0 Å². The largest absolute Gasteiger partial charge is 0.495 e. The van der Waals surface area contributed by atoms with Gasteiger partial charge in [-0.25, -0.2) is 0 Å². The van der Waals surface area contributed by atoms with Crippen LogP contribution in [-0.2, 0) is 0 Å². The molecule has 0 unspecified atom stereocenters. The van der Waals surface area contributed by atoms with E-state index < -0.39 is 0 Å². The van der Waals surface area contributed by atoms with E-state index in [2.05, 4.69) is 22.2 Å². The molecule has 0 aliphatic carbocycles. The lowest BCUT2D eigenvalue weighted by Crippen LogP contribution is -2.45.